The van der Waals surface area contributed by atoms with Crippen molar-refractivity contribution in [1.82, 2.24) is 0 Å². The smallest absolute Gasteiger partial charge is 0.0854 e. The largest absolute Gasteiger partial charge is 0.388 e. The van der Waals surface area contributed by atoms with Gasteiger partial charge in [-0.2, -0.15) is 11.8 Å². The number of thioether (sulfide) groups is 1. The summed E-state index contributed by atoms with van der Waals surface area (Å²) >= 11 is 3.77. The summed E-state index contributed by atoms with van der Waals surface area (Å²) in [5.41, 5.74) is 1.45. The first kappa shape index (κ1) is 8.60. The van der Waals surface area contributed by atoms with E-state index in [4.69, 9.17) is 0 Å². The molecule has 1 aromatic rings. The van der Waals surface area contributed by atoms with Crippen molar-refractivity contribution >= 4 is 23.1 Å². The maximum Gasteiger partial charge on any atom is 0.0854 e. The monoisotopic (exact) mass is 200 g/mol. The van der Waals surface area contributed by atoms with Gasteiger partial charge < -0.3 is 5.11 Å². The number of fused-ring (bicyclic) bond motifs is 1. The molecule has 0 fully saturated rings. The minimum Gasteiger partial charge on any atom is -0.388 e. The Morgan fingerprint density at radius 2 is 2.42 bits per heavy atom. The molecule has 0 aromatic carbocycles. The molecule has 0 saturated carbocycles. The van der Waals surface area contributed by atoms with Gasteiger partial charge in [0.25, 0.3) is 0 Å². The van der Waals surface area contributed by atoms with Crippen molar-refractivity contribution in [3.8, 4) is 0 Å². The normalized spacial score (nSPS) is 18.8. The van der Waals surface area contributed by atoms with Crippen LogP contribution in [0.15, 0.2) is 6.07 Å². The number of aliphatic hydroxyl groups excluding tert-OH is 1. The van der Waals surface area contributed by atoms with Gasteiger partial charge in [-0.05, 0) is 30.7 Å². The van der Waals surface area contributed by atoms with E-state index in [1.807, 2.05) is 18.7 Å². The van der Waals surface area contributed by atoms with E-state index < -0.39 is 0 Å². The van der Waals surface area contributed by atoms with Crippen molar-refractivity contribution in [2.24, 2.45) is 0 Å². The first-order valence-corrected chi connectivity index (χ1v) is 6.12. The minimum absolute atomic E-state index is 0.286. The predicted octanol–water partition coefficient (Wildman–Crippen LogP) is 2.59. The second-order valence-electron chi connectivity index (χ2n) is 3.08. The van der Waals surface area contributed by atoms with Gasteiger partial charge in [0.2, 0.25) is 0 Å². The average molecular weight is 200 g/mol. The summed E-state index contributed by atoms with van der Waals surface area (Å²) in [6.07, 6.45) is 0.905. The Morgan fingerprint density at radius 1 is 1.58 bits per heavy atom. The molecule has 1 N–H and O–H groups in total. The van der Waals surface area contributed by atoms with Crippen LogP contribution in [0.1, 0.15) is 28.3 Å². The van der Waals surface area contributed by atoms with Gasteiger partial charge >= 0.3 is 0 Å². The van der Waals surface area contributed by atoms with Gasteiger partial charge in [0.1, 0.15) is 0 Å². The van der Waals surface area contributed by atoms with Gasteiger partial charge in [-0.15, -0.1) is 11.3 Å². The molecule has 1 nitrogen and oxygen atoms in total. The van der Waals surface area contributed by atoms with E-state index >= 15 is 0 Å². The SMILES string of the molecule is CC(O)c1cc2c(s1)CCSC2. The van der Waals surface area contributed by atoms with Gasteiger partial charge in [0.05, 0.1) is 6.10 Å². The summed E-state index contributed by atoms with van der Waals surface area (Å²) in [5.74, 6) is 2.38. The number of aryl methyl sites for hydroxylation is 1. The lowest BCUT2D eigenvalue weighted by Gasteiger charge is -2.08. The molecule has 1 aliphatic rings. The maximum atomic E-state index is 9.38. The van der Waals surface area contributed by atoms with E-state index in [2.05, 4.69) is 6.07 Å². The van der Waals surface area contributed by atoms with Crippen LogP contribution in [0.2, 0.25) is 0 Å². The Morgan fingerprint density at radius 3 is 3.08 bits per heavy atom. The van der Waals surface area contributed by atoms with Gasteiger partial charge in [0, 0.05) is 15.5 Å². The van der Waals surface area contributed by atoms with Gasteiger partial charge in [0.15, 0.2) is 0 Å². The second kappa shape index (κ2) is 3.40. The van der Waals surface area contributed by atoms with Crippen molar-refractivity contribution in [3.63, 3.8) is 0 Å². The van der Waals surface area contributed by atoms with E-state index in [0.29, 0.717) is 0 Å². The van der Waals surface area contributed by atoms with Crippen LogP contribution in [0.25, 0.3) is 0 Å². The summed E-state index contributed by atoms with van der Waals surface area (Å²) in [7, 11) is 0. The molecule has 1 unspecified atom stereocenters. The van der Waals surface area contributed by atoms with Crippen LogP contribution in [0, 0.1) is 0 Å². The molecular weight excluding hydrogens is 188 g/mol. The molecule has 0 aliphatic carbocycles. The van der Waals surface area contributed by atoms with Crippen LogP contribution in [0.5, 0.6) is 0 Å². The highest BCUT2D eigenvalue weighted by molar-refractivity contribution is 7.98. The molecule has 66 valence electrons. The number of aliphatic hydroxyl groups is 1. The molecule has 0 amide bonds. The van der Waals surface area contributed by atoms with Gasteiger partial charge in [-0.3, -0.25) is 0 Å². The zero-order chi connectivity index (χ0) is 8.55. The lowest BCUT2D eigenvalue weighted by Crippen LogP contribution is -1.96. The molecule has 0 radical (unpaired) electrons. The van der Waals surface area contributed by atoms with Gasteiger partial charge in [-0.25, -0.2) is 0 Å². The Kier molecular flexibility index (Phi) is 2.44. The van der Waals surface area contributed by atoms with Gasteiger partial charge in [-0.1, -0.05) is 0 Å². The molecule has 0 saturated heterocycles. The van der Waals surface area contributed by atoms with E-state index in [0.717, 1.165) is 10.6 Å². The van der Waals surface area contributed by atoms with E-state index in [9.17, 15) is 5.11 Å². The van der Waals surface area contributed by atoms with Crippen LogP contribution in [0.4, 0.5) is 0 Å². The van der Waals surface area contributed by atoms with Crippen molar-refractivity contribution in [2.45, 2.75) is 25.2 Å². The zero-order valence-electron chi connectivity index (χ0n) is 7.04. The van der Waals surface area contributed by atoms with E-state index in [-0.39, 0.29) is 6.10 Å². The van der Waals surface area contributed by atoms with Crippen LogP contribution < -0.4 is 0 Å². The Hall–Kier alpha value is 0.01000. The minimum atomic E-state index is -0.286. The topological polar surface area (TPSA) is 20.2 Å². The molecule has 0 spiro atoms. The summed E-state index contributed by atoms with van der Waals surface area (Å²) in [6.45, 7) is 1.84. The van der Waals surface area contributed by atoms with Crippen molar-refractivity contribution in [1.29, 1.82) is 0 Å². The second-order valence-corrected chi connectivity index (χ2v) is 5.35. The third-order valence-electron chi connectivity index (χ3n) is 2.06. The lowest BCUT2D eigenvalue weighted by atomic mass is 10.2. The molecule has 2 rings (SSSR count). The highest BCUT2D eigenvalue weighted by Gasteiger charge is 2.15. The van der Waals surface area contributed by atoms with Crippen molar-refractivity contribution < 1.29 is 5.11 Å². The first-order chi connectivity index (χ1) is 5.77. The third kappa shape index (κ3) is 1.53. The summed E-state index contributed by atoms with van der Waals surface area (Å²) < 4.78 is 0. The molecule has 1 aromatic heterocycles. The van der Waals surface area contributed by atoms with Crippen LogP contribution in [-0.2, 0) is 12.2 Å². The summed E-state index contributed by atoms with van der Waals surface area (Å²) in [5, 5.41) is 9.38. The molecule has 1 aliphatic heterocycles. The molecule has 1 atom stereocenters. The Balaban J connectivity index is 2.32. The van der Waals surface area contributed by atoms with Crippen molar-refractivity contribution in [3.05, 3.63) is 21.4 Å². The fourth-order valence-electron chi connectivity index (χ4n) is 1.38. The maximum absolute atomic E-state index is 9.38. The highest BCUT2D eigenvalue weighted by Crippen LogP contribution is 2.34. The lowest BCUT2D eigenvalue weighted by molar-refractivity contribution is 0.203. The molecular formula is C9H12OS2. The standard InChI is InChI=1S/C9H12OS2/c1-6(10)9-4-7-5-11-3-2-8(7)12-9/h4,6,10H,2-3,5H2,1H3. The quantitative estimate of drug-likeness (QED) is 0.752. The molecule has 12 heavy (non-hydrogen) atoms. The van der Waals surface area contributed by atoms with E-state index in [1.165, 1.54) is 22.6 Å². The van der Waals surface area contributed by atoms with Crippen molar-refractivity contribution in [2.75, 3.05) is 5.75 Å². The van der Waals surface area contributed by atoms with Crippen LogP contribution >= 0.6 is 23.1 Å². The first-order valence-electron chi connectivity index (χ1n) is 4.14. The highest BCUT2D eigenvalue weighted by atomic mass is 32.2. The molecule has 3 heteroatoms. The summed E-state index contributed by atoms with van der Waals surface area (Å²) in [6, 6.07) is 2.16. The summed E-state index contributed by atoms with van der Waals surface area (Å²) in [4.78, 5) is 2.62. The van der Waals surface area contributed by atoms with Crippen LogP contribution in [0.3, 0.4) is 0 Å². The number of hydrogen-bond donors (Lipinski definition) is 1. The third-order valence-corrected chi connectivity index (χ3v) is 4.47. The number of rotatable bonds is 1. The average Bonchev–Trinajstić information content (AvgIpc) is 2.46. The fraction of sp³-hybridized carbons (Fsp3) is 0.556. The molecule has 2 heterocycles. The Labute approximate surface area is 80.8 Å². The van der Waals surface area contributed by atoms with E-state index in [1.54, 1.807) is 11.3 Å². The number of thiophene rings is 1. The number of hydrogen-bond acceptors (Lipinski definition) is 3. The predicted molar refractivity (Wildman–Crippen MR) is 54.8 cm³/mol. The Bertz CT molecular complexity index is 255. The fourth-order valence-corrected chi connectivity index (χ4v) is 3.69. The van der Waals surface area contributed by atoms with Crippen LogP contribution in [-0.4, -0.2) is 10.9 Å². The molecule has 0 bridgehead atoms. The zero-order valence-corrected chi connectivity index (χ0v) is 8.67.